The Hall–Kier alpha value is -0.860. The van der Waals surface area contributed by atoms with Crippen molar-refractivity contribution in [1.82, 2.24) is 5.32 Å². The first-order chi connectivity index (χ1) is 8.40. The SMILES string of the molecule is CC(C)(C)NCCC=CCc1c(F)cccc1Cl. The zero-order valence-corrected chi connectivity index (χ0v) is 12.0. The zero-order valence-electron chi connectivity index (χ0n) is 11.3. The molecule has 1 rings (SSSR count). The van der Waals surface area contributed by atoms with Crippen LogP contribution in [0.3, 0.4) is 0 Å². The van der Waals surface area contributed by atoms with Crippen molar-refractivity contribution in [3.63, 3.8) is 0 Å². The Morgan fingerprint density at radius 1 is 1.28 bits per heavy atom. The summed E-state index contributed by atoms with van der Waals surface area (Å²) in [5.41, 5.74) is 0.710. The van der Waals surface area contributed by atoms with Gasteiger partial charge in [0.15, 0.2) is 0 Å². The van der Waals surface area contributed by atoms with Crippen molar-refractivity contribution in [3.8, 4) is 0 Å². The minimum Gasteiger partial charge on any atom is -0.312 e. The van der Waals surface area contributed by atoms with Gasteiger partial charge in [0.1, 0.15) is 5.82 Å². The maximum Gasteiger partial charge on any atom is 0.128 e. The van der Waals surface area contributed by atoms with E-state index in [1.54, 1.807) is 12.1 Å². The normalized spacial score (nSPS) is 12.3. The maximum atomic E-state index is 13.5. The molecule has 0 aliphatic heterocycles. The van der Waals surface area contributed by atoms with Crippen LogP contribution in [0.4, 0.5) is 4.39 Å². The monoisotopic (exact) mass is 269 g/mol. The van der Waals surface area contributed by atoms with Gasteiger partial charge in [0.05, 0.1) is 0 Å². The van der Waals surface area contributed by atoms with Gasteiger partial charge in [-0.1, -0.05) is 29.8 Å². The van der Waals surface area contributed by atoms with Gasteiger partial charge in [-0.25, -0.2) is 4.39 Å². The summed E-state index contributed by atoms with van der Waals surface area (Å²) in [4.78, 5) is 0. The molecule has 0 heterocycles. The Morgan fingerprint density at radius 2 is 2.00 bits per heavy atom. The fourth-order valence-electron chi connectivity index (χ4n) is 1.58. The average molecular weight is 270 g/mol. The van der Waals surface area contributed by atoms with Crippen LogP contribution in [0.25, 0.3) is 0 Å². The second kappa shape index (κ2) is 6.91. The standard InChI is InChI=1S/C15H21ClFN/c1-15(2,3)18-11-6-4-5-8-12-13(16)9-7-10-14(12)17/h4-5,7,9-10,18H,6,8,11H2,1-3H3. The molecular formula is C15H21ClFN. The lowest BCUT2D eigenvalue weighted by molar-refractivity contribution is 0.431. The Morgan fingerprint density at radius 3 is 2.61 bits per heavy atom. The number of benzene rings is 1. The van der Waals surface area contributed by atoms with Crippen LogP contribution in [0.15, 0.2) is 30.4 Å². The highest BCUT2D eigenvalue weighted by atomic mass is 35.5. The van der Waals surface area contributed by atoms with Crippen molar-refractivity contribution in [3.05, 3.63) is 46.8 Å². The van der Waals surface area contributed by atoms with Crippen molar-refractivity contribution < 1.29 is 4.39 Å². The van der Waals surface area contributed by atoms with E-state index < -0.39 is 0 Å². The van der Waals surface area contributed by atoms with Gasteiger partial charge in [0.25, 0.3) is 0 Å². The highest BCUT2D eigenvalue weighted by molar-refractivity contribution is 6.31. The highest BCUT2D eigenvalue weighted by Gasteiger charge is 2.06. The maximum absolute atomic E-state index is 13.5. The van der Waals surface area contributed by atoms with Crippen LogP contribution in [0.1, 0.15) is 32.8 Å². The summed E-state index contributed by atoms with van der Waals surface area (Å²) < 4.78 is 13.5. The van der Waals surface area contributed by atoms with E-state index in [2.05, 4.69) is 32.2 Å². The second-order valence-corrected chi connectivity index (χ2v) is 5.75. The van der Waals surface area contributed by atoms with Crippen molar-refractivity contribution >= 4 is 11.6 Å². The molecule has 0 aliphatic rings. The Balaban J connectivity index is 2.37. The zero-order chi connectivity index (χ0) is 13.6. The Kier molecular flexibility index (Phi) is 5.83. The molecule has 0 aliphatic carbocycles. The van der Waals surface area contributed by atoms with Crippen LogP contribution in [0, 0.1) is 5.82 Å². The molecule has 100 valence electrons. The summed E-state index contributed by atoms with van der Waals surface area (Å²) >= 11 is 5.94. The predicted octanol–water partition coefficient (Wildman–Crippen LogP) is 4.36. The minimum atomic E-state index is -0.236. The molecule has 0 spiro atoms. The van der Waals surface area contributed by atoms with Gasteiger partial charge in [-0.2, -0.15) is 0 Å². The van der Waals surface area contributed by atoms with E-state index in [0.717, 1.165) is 13.0 Å². The van der Waals surface area contributed by atoms with Gasteiger partial charge in [-0.3, -0.25) is 0 Å². The molecule has 18 heavy (non-hydrogen) atoms. The number of halogens is 2. The van der Waals surface area contributed by atoms with Crippen molar-refractivity contribution in [2.75, 3.05) is 6.54 Å². The molecule has 0 fully saturated rings. The summed E-state index contributed by atoms with van der Waals surface area (Å²) in [6.45, 7) is 7.33. The van der Waals surface area contributed by atoms with Gasteiger partial charge in [0.2, 0.25) is 0 Å². The third kappa shape index (κ3) is 5.65. The quantitative estimate of drug-likeness (QED) is 0.619. The first kappa shape index (κ1) is 15.2. The molecule has 1 aromatic carbocycles. The van der Waals surface area contributed by atoms with Crippen molar-refractivity contribution in [2.24, 2.45) is 0 Å². The number of hydrogen-bond acceptors (Lipinski definition) is 1. The molecule has 0 atom stereocenters. The fraction of sp³-hybridized carbons (Fsp3) is 0.467. The number of allylic oxidation sites excluding steroid dienone is 1. The van der Waals surface area contributed by atoms with Gasteiger partial charge in [-0.15, -0.1) is 0 Å². The number of rotatable bonds is 5. The largest absolute Gasteiger partial charge is 0.312 e. The van der Waals surface area contributed by atoms with E-state index in [1.807, 2.05) is 6.08 Å². The van der Waals surface area contributed by atoms with Gasteiger partial charge in [-0.05, 0) is 52.3 Å². The Bertz CT molecular complexity index is 387. The van der Waals surface area contributed by atoms with Crippen LogP contribution in [0.2, 0.25) is 5.02 Å². The average Bonchev–Trinajstić information content (AvgIpc) is 2.25. The van der Waals surface area contributed by atoms with E-state index in [0.29, 0.717) is 17.0 Å². The fourth-order valence-corrected chi connectivity index (χ4v) is 1.82. The molecule has 3 heteroatoms. The molecule has 0 saturated carbocycles. The molecular weight excluding hydrogens is 249 g/mol. The molecule has 0 radical (unpaired) electrons. The molecule has 0 aromatic heterocycles. The summed E-state index contributed by atoms with van der Waals surface area (Å²) in [6, 6.07) is 4.78. The topological polar surface area (TPSA) is 12.0 Å². The number of hydrogen-bond donors (Lipinski definition) is 1. The van der Waals surface area contributed by atoms with Crippen LogP contribution < -0.4 is 5.32 Å². The lowest BCUT2D eigenvalue weighted by Crippen LogP contribution is -2.36. The third-order valence-corrected chi connectivity index (χ3v) is 2.87. The predicted molar refractivity (Wildman–Crippen MR) is 76.6 cm³/mol. The molecule has 1 N–H and O–H groups in total. The van der Waals surface area contributed by atoms with Gasteiger partial charge < -0.3 is 5.32 Å². The van der Waals surface area contributed by atoms with Crippen LogP contribution in [-0.4, -0.2) is 12.1 Å². The van der Waals surface area contributed by atoms with Crippen molar-refractivity contribution in [2.45, 2.75) is 39.2 Å². The molecule has 1 nitrogen and oxygen atoms in total. The van der Waals surface area contributed by atoms with Crippen molar-refractivity contribution in [1.29, 1.82) is 0 Å². The van der Waals surface area contributed by atoms with Gasteiger partial charge >= 0.3 is 0 Å². The van der Waals surface area contributed by atoms with Gasteiger partial charge in [0, 0.05) is 16.1 Å². The third-order valence-electron chi connectivity index (χ3n) is 2.52. The molecule has 0 saturated heterocycles. The van der Waals surface area contributed by atoms with E-state index >= 15 is 0 Å². The summed E-state index contributed by atoms with van der Waals surface area (Å²) in [5, 5.41) is 3.88. The lowest BCUT2D eigenvalue weighted by Gasteiger charge is -2.19. The van der Waals surface area contributed by atoms with E-state index in [-0.39, 0.29) is 11.4 Å². The summed E-state index contributed by atoms with van der Waals surface area (Å²) in [7, 11) is 0. The lowest BCUT2D eigenvalue weighted by atomic mass is 10.1. The first-order valence-corrected chi connectivity index (χ1v) is 6.61. The molecule has 0 unspecified atom stereocenters. The smallest absolute Gasteiger partial charge is 0.128 e. The molecule has 0 bridgehead atoms. The van der Waals surface area contributed by atoms with Crippen LogP contribution in [-0.2, 0) is 6.42 Å². The molecule has 0 amide bonds. The second-order valence-electron chi connectivity index (χ2n) is 5.34. The highest BCUT2D eigenvalue weighted by Crippen LogP contribution is 2.19. The van der Waals surface area contributed by atoms with Crippen LogP contribution in [0.5, 0.6) is 0 Å². The minimum absolute atomic E-state index is 0.142. The van der Waals surface area contributed by atoms with Crippen LogP contribution >= 0.6 is 11.6 Å². The van der Waals surface area contributed by atoms with E-state index in [4.69, 9.17) is 11.6 Å². The van der Waals surface area contributed by atoms with E-state index in [1.165, 1.54) is 6.07 Å². The number of nitrogens with one attached hydrogen (secondary N) is 1. The summed E-state index contributed by atoms with van der Waals surface area (Å²) in [5.74, 6) is -0.236. The van der Waals surface area contributed by atoms with E-state index in [9.17, 15) is 4.39 Å². The molecule has 1 aromatic rings. The first-order valence-electron chi connectivity index (χ1n) is 6.23. The summed E-state index contributed by atoms with van der Waals surface area (Å²) in [6.07, 6.45) is 5.50. The Labute approximate surface area is 114 Å².